The van der Waals surface area contributed by atoms with E-state index in [4.69, 9.17) is 14.7 Å². The molecule has 64 valence electrons. The van der Waals surface area contributed by atoms with Gasteiger partial charge in [-0.25, -0.2) is 0 Å². The normalized spacial score (nSPS) is 46.2. The average Bonchev–Trinajstić information content (AvgIpc) is 2.77. The van der Waals surface area contributed by atoms with E-state index in [9.17, 15) is 0 Å². The van der Waals surface area contributed by atoms with Gasteiger partial charge in [0.1, 0.15) is 11.9 Å². The molecule has 3 unspecified atom stereocenters. The number of ether oxygens (including phenoxy) is 2. The van der Waals surface area contributed by atoms with Crippen LogP contribution in [-0.2, 0) is 9.47 Å². The van der Waals surface area contributed by atoms with Crippen molar-refractivity contribution in [3.05, 3.63) is 11.8 Å². The lowest BCUT2D eigenvalue weighted by Gasteiger charge is -2.18. The predicted molar refractivity (Wildman–Crippen MR) is 39.8 cm³/mol. The van der Waals surface area contributed by atoms with E-state index in [2.05, 4.69) is 11.2 Å². The molecule has 0 spiro atoms. The summed E-state index contributed by atoms with van der Waals surface area (Å²) in [5, 5.41) is 12.0. The maximum atomic E-state index is 8.72. The maximum Gasteiger partial charge on any atom is 0.227 e. The zero-order valence-corrected chi connectivity index (χ0v) is 6.43. The van der Waals surface area contributed by atoms with Gasteiger partial charge in [-0.1, -0.05) is 5.16 Å². The highest BCUT2D eigenvalue weighted by Crippen LogP contribution is 2.47. The first-order chi connectivity index (χ1) is 5.90. The van der Waals surface area contributed by atoms with E-state index in [1.165, 1.54) is 0 Å². The Labute approximate surface area is 69.5 Å². The topological polar surface area (TPSA) is 54.4 Å². The molecule has 4 heteroatoms. The molecule has 0 bridgehead atoms. The van der Waals surface area contributed by atoms with Crippen molar-refractivity contribution in [3.63, 3.8) is 0 Å². The SMILES string of the molecule is O/N=C1\CCC=C2OC3OC3C21. The molecular weight excluding hydrogens is 158 g/mol. The van der Waals surface area contributed by atoms with Gasteiger partial charge in [0.25, 0.3) is 0 Å². The van der Waals surface area contributed by atoms with Crippen LogP contribution in [-0.4, -0.2) is 23.3 Å². The summed E-state index contributed by atoms with van der Waals surface area (Å²) in [6.07, 6.45) is 3.86. The van der Waals surface area contributed by atoms with Crippen molar-refractivity contribution >= 4 is 5.71 Å². The molecular formula is C8H9NO3. The third-order valence-corrected chi connectivity index (χ3v) is 2.60. The number of rotatable bonds is 0. The summed E-state index contributed by atoms with van der Waals surface area (Å²) in [6, 6.07) is 0. The van der Waals surface area contributed by atoms with E-state index in [1.807, 2.05) is 0 Å². The smallest absolute Gasteiger partial charge is 0.227 e. The predicted octanol–water partition coefficient (Wildman–Crippen LogP) is 0.866. The van der Waals surface area contributed by atoms with Gasteiger partial charge in [0.05, 0.1) is 11.6 Å². The fourth-order valence-electron chi connectivity index (χ4n) is 1.97. The summed E-state index contributed by atoms with van der Waals surface area (Å²) < 4.78 is 10.6. The summed E-state index contributed by atoms with van der Waals surface area (Å²) >= 11 is 0. The quantitative estimate of drug-likeness (QED) is 0.331. The van der Waals surface area contributed by atoms with Crippen LogP contribution in [0.4, 0.5) is 0 Å². The lowest BCUT2D eigenvalue weighted by molar-refractivity contribution is 0.0871. The number of hydrogen-bond acceptors (Lipinski definition) is 4. The molecule has 0 saturated carbocycles. The second-order valence-corrected chi connectivity index (χ2v) is 3.30. The Hall–Kier alpha value is -1.03. The van der Waals surface area contributed by atoms with Gasteiger partial charge in [-0.15, -0.1) is 0 Å². The third-order valence-electron chi connectivity index (χ3n) is 2.60. The van der Waals surface area contributed by atoms with Crippen LogP contribution in [0.1, 0.15) is 12.8 Å². The van der Waals surface area contributed by atoms with Crippen LogP contribution in [0.3, 0.4) is 0 Å². The molecule has 0 aromatic heterocycles. The number of nitrogens with zero attached hydrogens (tertiary/aromatic N) is 1. The minimum Gasteiger partial charge on any atom is -0.466 e. The Morgan fingerprint density at radius 1 is 1.58 bits per heavy atom. The number of fused-ring (bicyclic) bond motifs is 3. The largest absolute Gasteiger partial charge is 0.466 e. The van der Waals surface area contributed by atoms with Crippen LogP contribution in [0.25, 0.3) is 0 Å². The van der Waals surface area contributed by atoms with E-state index in [0.29, 0.717) is 0 Å². The molecule has 3 atom stereocenters. The summed E-state index contributed by atoms with van der Waals surface area (Å²) in [5.74, 6) is 1.05. The highest BCUT2D eigenvalue weighted by Gasteiger charge is 2.58. The first-order valence-corrected chi connectivity index (χ1v) is 4.13. The third kappa shape index (κ3) is 0.679. The number of oxime groups is 1. The zero-order chi connectivity index (χ0) is 8.13. The van der Waals surface area contributed by atoms with E-state index >= 15 is 0 Å². The molecule has 4 nitrogen and oxygen atoms in total. The molecule has 2 heterocycles. The van der Waals surface area contributed by atoms with Crippen LogP contribution >= 0.6 is 0 Å². The van der Waals surface area contributed by atoms with E-state index in [0.717, 1.165) is 24.3 Å². The summed E-state index contributed by atoms with van der Waals surface area (Å²) in [6.45, 7) is 0. The van der Waals surface area contributed by atoms with E-state index in [-0.39, 0.29) is 18.3 Å². The van der Waals surface area contributed by atoms with Gasteiger partial charge in [0, 0.05) is 0 Å². The van der Waals surface area contributed by atoms with Crippen LogP contribution < -0.4 is 0 Å². The van der Waals surface area contributed by atoms with Gasteiger partial charge in [0.15, 0.2) is 0 Å². The Kier molecular flexibility index (Phi) is 1.09. The van der Waals surface area contributed by atoms with Crippen molar-refractivity contribution in [3.8, 4) is 0 Å². The summed E-state index contributed by atoms with van der Waals surface area (Å²) in [4.78, 5) is 0. The van der Waals surface area contributed by atoms with Crippen LogP contribution in [0.15, 0.2) is 17.0 Å². The van der Waals surface area contributed by atoms with Crippen LogP contribution in [0.5, 0.6) is 0 Å². The van der Waals surface area contributed by atoms with Gasteiger partial charge in [-0.3, -0.25) is 0 Å². The van der Waals surface area contributed by atoms with Gasteiger partial charge in [-0.05, 0) is 18.9 Å². The van der Waals surface area contributed by atoms with Gasteiger partial charge >= 0.3 is 0 Å². The van der Waals surface area contributed by atoms with Crippen molar-refractivity contribution in [1.29, 1.82) is 0 Å². The van der Waals surface area contributed by atoms with Crippen molar-refractivity contribution in [2.45, 2.75) is 25.2 Å². The van der Waals surface area contributed by atoms with Crippen molar-refractivity contribution in [2.24, 2.45) is 11.1 Å². The molecule has 1 N–H and O–H groups in total. The molecule has 0 aromatic rings. The lowest BCUT2D eigenvalue weighted by Crippen LogP contribution is -2.22. The number of epoxide rings is 1. The number of allylic oxidation sites excluding steroid dienone is 1. The Morgan fingerprint density at radius 2 is 2.50 bits per heavy atom. The van der Waals surface area contributed by atoms with Crippen LogP contribution in [0.2, 0.25) is 0 Å². The number of hydrogen-bond donors (Lipinski definition) is 1. The molecule has 3 rings (SSSR count). The van der Waals surface area contributed by atoms with Crippen molar-refractivity contribution in [1.82, 2.24) is 0 Å². The Bertz CT molecular complexity index is 284. The second kappa shape index (κ2) is 2.01. The zero-order valence-electron chi connectivity index (χ0n) is 6.43. The highest BCUT2D eigenvalue weighted by molar-refractivity contribution is 5.90. The average molecular weight is 167 g/mol. The standard InChI is InChI=1S/C8H9NO3/c10-9-4-2-1-3-5-6(4)7-8(11-5)12-7/h3,6-8,10H,1-2H2/b9-4+. The Morgan fingerprint density at radius 3 is 3.33 bits per heavy atom. The van der Waals surface area contributed by atoms with Crippen molar-refractivity contribution in [2.75, 3.05) is 0 Å². The van der Waals surface area contributed by atoms with Gasteiger partial charge in [0.2, 0.25) is 6.29 Å². The molecule has 2 saturated heterocycles. The monoisotopic (exact) mass is 167 g/mol. The molecule has 2 aliphatic heterocycles. The minimum absolute atomic E-state index is 0.0592. The minimum atomic E-state index is -0.0592. The fraction of sp³-hybridized carbons (Fsp3) is 0.625. The lowest BCUT2D eigenvalue weighted by atomic mass is 9.90. The molecule has 0 aromatic carbocycles. The maximum absolute atomic E-state index is 8.72. The molecule has 2 fully saturated rings. The molecule has 1 aliphatic carbocycles. The van der Waals surface area contributed by atoms with Crippen LogP contribution in [0, 0.1) is 5.92 Å². The Balaban J connectivity index is 1.99. The van der Waals surface area contributed by atoms with Crippen molar-refractivity contribution < 1.29 is 14.7 Å². The fourth-order valence-corrected chi connectivity index (χ4v) is 1.97. The second-order valence-electron chi connectivity index (χ2n) is 3.30. The van der Waals surface area contributed by atoms with E-state index in [1.54, 1.807) is 0 Å². The molecule has 3 aliphatic rings. The van der Waals surface area contributed by atoms with Gasteiger partial charge < -0.3 is 14.7 Å². The molecule has 12 heavy (non-hydrogen) atoms. The van der Waals surface area contributed by atoms with Gasteiger partial charge in [-0.2, -0.15) is 0 Å². The summed E-state index contributed by atoms with van der Waals surface area (Å²) in [7, 11) is 0. The van der Waals surface area contributed by atoms with E-state index < -0.39 is 0 Å². The highest BCUT2D eigenvalue weighted by atomic mass is 16.8. The molecule has 0 amide bonds. The molecule has 0 radical (unpaired) electrons. The first kappa shape index (κ1) is 6.48. The summed E-state index contributed by atoms with van der Waals surface area (Å²) in [5.41, 5.74) is 0.803. The first-order valence-electron chi connectivity index (χ1n) is 4.13.